The maximum atomic E-state index is 12.7. The predicted octanol–water partition coefficient (Wildman–Crippen LogP) is 4.66. The molecule has 142 valence electrons. The Hall–Kier alpha value is -2.89. The summed E-state index contributed by atoms with van der Waals surface area (Å²) in [7, 11) is 0. The molecule has 1 aliphatic rings. The SMILES string of the molecule is O=C(NCc1ccccc1)c1cc([N+](=O)[O-])ccc1NC1CCCCCC1. The first kappa shape index (κ1) is 18.9. The Morgan fingerprint density at radius 2 is 1.74 bits per heavy atom. The lowest BCUT2D eigenvalue weighted by Crippen LogP contribution is -2.26. The van der Waals surface area contributed by atoms with Gasteiger partial charge in [0.25, 0.3) is 11.6 Å². The molecule has 6 heteroatoms. The number of nitro benzene ring substituents is 1. The third kappa shape index (κ3) is 5.29. The summed E-state index contributed by atoms with van der Waals surface area (Å²) in [6.07, 6.45) is 6.93. The van der Waals surface area contributed by atoms with Crippen molar-refractivity contribution >= 4 is 17.3 Å². The van der Waals surface area contributed by atoms with Gasteiger partial charge in [-0.1, -0.05) is 56.0 Å². The summed E-state index contributed by atoms with van der Waals surface area (Å²) in [4.78, 5) is 23.4. The molecule has 27 heavy (non-hydrogen) atoms. The van der Waals surface area contributed by atoms with E-state index < -0.39 is 4.92 Å². The number of carbonyl (C=O) groups excluding carboxylic acids is 1. The molecule has 3 rings (SSSR count). The molecule has 2 N–H and O–H groups in total. The van der Waals surface area contributed by atoms with E-state index in [-0.39, 0.29) is 11.6 Å². The number of nitrogens with zero attached hydrogens (tertiary/aromatic N) is 1. The van der Waals surface area contributed by atoms with Gasteiger partial charge in [0.2, 0.25) is 0 Å². The van der Waals surface area contributed by atoms with Crippen molar-refractivity contribution in [1.82, 2.24) is 5.32 Å². The minimum Gasteiger partial charge on any atom is -0.382 e. The summed E-state index contributed by atoms with van der Waals surface area (Å²) in [5, 5.41) is 17.5. The highest BCUT2D eigenvalue weighted by Gasteiger charge is 2.19. The second kappa shape index (κ2) is 9.16. The number of benzene rings is 2. The Bertz CT molecular complexity index is 785. The highest BCUT2D eigenvalue weighted by atomic mass is 16.6. The molecule has 2 aromatic rings. The lowest BCUT2D eigenvalue weighted by molar-refractivity contribution is -0.384. The Morgan fingerprint density at radius 1 is 1.04 bits per heavy atom. The van der Waals surface area contributed by atoms with Crippen molar-refractivity contribution in [2.75, 3.05) is 5.32 Å². The molecule has 0 aliphatic heterocycles. The molecule has 1 amide bonds. The van der Waals surface area contributed by atoms with Gasteiger partial charge in [0, 0.05) is 30.4 Å². The number of carbonyl (C=O) groups is 1. The third-order valence-corrected chi connectivity index (χ3v) is 4.97. The number of nitro groups is 1. The largest absolute Gasteiger partial charge is 0.382 e. The van der Waals surface area contributed by atoms with Crippen molar-refractivity contribution in [2.45, 2.75) is 51.1 Å². The van der Waals surface area contributed by atoms with E-state index in [4.69, 9.17) is 0 Å². The normalized spacial score (nSPS) is 15.0. The Morgan fingerprint density at radius 3 is 2.41 bits per heavy atom. The second-order valence-corrected chi connectivity index (χ2v) is 6.99. The molecule has 0 heterocycles. The molecule has 1 saturated carbocycles. The van der Waals surface area contributed by atoms with Crippen molar-refractivity contribution < 1.29 is 9.72 Å². The van der Waals surface area contributed by atoms with Crippen molar-refractivity contribution in [3.05, 3.63) is 69.8 Å². The number of hydrogen-bond acceptors (Lipinski definition) is 4. The predicted molar refractivity (Wildman–Crippen MR) is 106 cm³/mol. The van der Waals surface area contributed by atoms with Gasteiger partial charge in [-0.05, 0) is 24.5 Å². The van der Waals surface area contributed by atoms with Crippen LogP contribution in [0.15, 0.2) is 48.5 Å². The van der Waals surface area contributed by atoms with Crippen LogP contribution in [-0.2, 0) is 6.54 Å². The van der Waals surface area contributed by atoms with Gasteiger partial charge >= 0.3 is 0 Å². The molecule has 1 aliphatic carbocycles. The molecule has 0 spiro atoms. The molecule has 0 bridgehead atoms. The van der Waals surface area contributed by atoms with Crippen LogP contribution >= 0.6 is 0 Å². The molecule has 6 nitrogen and oxygen atoms in total. The summed E-state index contributed by atoms with van der Waals surface area (Å²) < 4.78 is 0. The van der Waals surface area contributed by atoms with Crippen LogP contribution in [0.4, 0.5) is 11.4 Å². The zero-order valence-electron chi connectivity index (χ0n) is 15.3. The monoisotopic (exact) mass is 367 g/mol. The van der Waals surface area contributed by atoms with E-state index in [2.05, 4.69) is 10.6 Å². The van der Waals surface area contributed by atoms with Gasteiger partial charge in [0.15, 0.2) is 0 Å². The van der Waals surface area contributed by atoms with E-state index in [0.29, 0.717) is 23.8 Å². The molecule has 0 radical (unpaired) electrons. The molecular weight excluding hydrogens is 342 g/mol. The lowest BCUT2D eigenvalue weighted by Gasteiger charge is -2.20. The fourth-order valence-corrected chi connectivity index (χ4v) is 3.48. The lowest BCUT2D eigenvalue weighted by atomic mass is 10.1. The number of nitrogens with one attached hydrogen (secondary N) is 2. The first-order valence-electron chi connectivity index (χ1n) is 9.50. The summed E-state index contributed by atoms with van der Waals surface area (Å²) in [5.74, 6) is -0.307. The highest BCUT2D eigenvalue weighted by Crippen LogP contribution is 2.26. The van der Waals surface area contributed by atoms with Crippen molar-refractivity contribution in [2.24, 2.45) is 0 Å². The van der Waals surface area contributed by atoms with Gasteiger partial charge in [-0.25, -0.2) is 0 Å². The summed E-state index contributed by atoms with van der Waals surface area (Å²) >= 11 is 0. The van der Waals surface area contributed by atoms with E-state index in [9.17, 15) is 14.9 Å². The Labute approximate surface area is 159 Å². The number of non-ortho nitro benzene ring substituents is 1. The molecule has 1 fully saturated rings. The van der Waals surface area contributed by atoms with E-state index in [1.165, 1.54) is 37.8 Å². The van der Waals surface area contributed by atoms with Crippen LogP contribution in [0.1, 0.15) is 54.4 Å². The minimum absolute atomic E-state index is 0.0775. The van der Waals surface area contributed by atoms with Crippen LogP contribution in [0.2, 0.25) is 0 Å². The summed E-state index contributed by atoms with van der Waals surface area (Å²) in [6, 6.07) is 14.4. The average molecular weight is 367 g/mol. The average Bonchev–Trinajstić information content (AvgIpc) is 2.96. The smallest absolute Gasteiger partial charge is 0.270 e. The topological polar surface area (TPSA) is 84.3 Å². The van der Waals surface area contributed by atoms with Crippen molar-refractivity contribution in [3.8, 4) is 0 Å². The van der Waals surface area contributed by atoms with Crippen molar-refractivity contribution in [3.63, 3.8) is 0 Å². The van der Waals surface area contributed by atoms with Crippen LogP contribution < -0.4 is 10.6 Å². The number of amides is 1. The summed E-state index contributed by atoms with van der Waals surface area (Å²) in [6.45, 7) is 0.380. The number of rotatable bonds is 6. The zero-order valence-corrected chi connectivity index (χ0v) is 15.3. The maximum Gasteiger partial charge on any atom is 0.270 e. The molecule has 2 aromatic carbocycles. The second-order valence-electron chi connectivity index (χ2n) is 6.99. The standard InChI is InChI=1S/C21H25N3O3/c25-21(22-15-16-8-4-3-5-9-16)19-14-18(24(26)27)12-13-20(19)23-17-10-6-1-2-7-11-17/h3-5,8-9,12-14,17,23H,1-2,6-7,10-11,15H2,(H,22,25). The number of hydrogen-bond donors (Lipinski definition) is 2. The number of anilines is 1. The van der Waals surface area contributed by atoms with Crippen LogP contribution in [0.25, 0.3) is 0 Å². The van der Waals surface area contributed by atoms with E-state index in [0.717, 1.165) is 18.4 Å². The van der Waals surface area contributed by atoms with E-state index in [1.54, 1.807) is 6.07 Å². The molecule has 0 atom stereocenters. The zero-order chi connectivity index (χ0) is 19.1. The third-order valence-electron chi connectivity index (χ3n) is 4.97. The Balaban J connectivity index is 1.78. The van der Waals surface area contributed by atoms with Crippen LogP contribution in [0.5, 0.6) is 0 Å². The summed E-state index contributed by atoms with van der Waals surface area (Å²) in [5.41, 5.74) is 1.89. The molecule has 0 aromatic heterocycles. The van der Waals surface area contributed by atoms with Crippen molar-refractivity contribution in [1.29, 1.82) is 0 Å². The van der Waals surface area contributed by atoms with Crippen LogP contribution in [0, 0.1) is 10.1 Å². The van der Waals surface area contributed by atoms with Gasteiger partial charge < -0.3 is 10.6 Å². The molecule has 0 saturated heterocycles. The molecule has 0 unspecified atom stereocenters. The maximum absolute atomic E-state index is 12.7. The fraction of sp³-hybridized carbons (Fsp3) is 0.381. The first-order valence-corrected chi connectivity index (χ1v) is 9.50. The first-order chi connectivity index (χ1) is 13.1. The van der Waals surface area contributed by atoms with Gasteiger partial charge in [-0.2, -0.15) is 0 Å². The fourth-order valence-electron chi connectivity index (χ4n) is 3.48. The van der Waals surface area contributed by atoms with Gasteiger partial charge in [-0.15, -0.1) is 0 Å². The van der Waals surface area contributed by atoms with Gasteiger partial charge in [0.1, 0.15) is 0 Å². The molecular formula is C21H25N3O3. The van der Waals surface area contributed by atoms with E-state index in [1.807, 2.05) is 30.3 Å². The Kier molecular flexibility index (Phi) is 6.41. The van der Waals surface area contributed by atoms with E-state index >= 15 is 0 Å². The van der Waals surface area contributed by atoms with Crippen LogP contribution in [0.3, 0.4) is 0 Å². The van der Waals surface area contributed by atoms with Gasteiger partial charge in [-0.3, -0.25) is 14.9 Å². The van der Waals surface area contributed by atoms with Crippen LogP contribution in [-0.4, -0.2) is 16.9 Å². The quantitative estimate of drug-likeness (QED) is 0.442. The highest BCUT2D eigenvalue weighted by molar-refractivity contribution is 6.00. The minimum atomic E-state index is -0.469. The van der Waals surface area contributed by atoms with Gasteiger partial charge in [0.05, 0.1) is 10.5 Å².